The molecule has 0 aliphatic carbocycles. The van der Waals surface area contributed by atoms with Crippen LogP contribution in [0.4, 0.5) is 17.2 Å². The second-order valence-corrected chi connectivity index (χ2v) is 10.3. The first-order valence-electron chi connectivity index (χ1n) is 13.1. The molecule has 0 spiro atoms. The van der Waals surface area contributed by atoms with Gasteiger partial charge in [0.15, 0.2) is 0 Å². The molecule has 1 saturated heterocycles. The predicted molar refractivity (Wildman–Crippen MR) is 149 cm³/mol. The highest BCUT2D eigenvalue weighted by molar-refractivity contribution is 5.98. The fourth-order valence-electron chi connectivity index (χ4n) is 4.73. The zero-order valence-electron chi connectivity index (χ0n) is 21.7. The largest absolute Gasteiger partial charge is 0.380 e. The zero-order chi connectivity index (χ0) is 26.2. The van der Waals surface area contributed by atoms with E-state index in [1.165, 1.54) is 11.8 Å². The van der Waals surface area contributed by atoms with E-state index >= 15 is 0 Å². The van der Waals surface area contributed by atoms with Gasteiger partial charge in [0.05, 0.1) is 11.3 Å². The van der Waals surface area contributed by atoms with E-state index in [1.807, 2.05) is 41.3 Å². The number of aromatic nitrogens is 1. The number of pyridine rings is 1. The summed E-state index contributed by atoms with van der Waals surface area (Å²) >= 11 is 0. The fourth-order valence-corrected chi connectivity index (χ4v) is 4.73. The number of nitrogens with one attached hydrogen (secondary N) is 2. The van der Waals surface area contributed by atoms with Gasteiger partial charge < -0.3 is 21.3 Å². The summed E-state index contributed by atoms with van der Waals surface area (Å²) in [5.74, 6) is 1.41. The van der Waals surface area contributed by atoms with E-state index in [0.29, 0.717) is 47.8 Å². The van der Waals surface area contributed by atoms with Gasteiger partial charge in [0.2, 0.25) is 5.91 Å². The van der Waals surface area contributed by atoms with Crippen LogP contribution < -0.4 is 16.4 Å². The first-order valence-corrected chi connectivity index (χ1v) is 13.1. The molecule has 1 aromatic heterocycles. The molecule has 2 amide bonds. The van der Waals surface area contributed by atoms with Crippen molar-refractivity contribution < 1.29 is 9.59 Å². The van der Waals surface area contributed by atoms with Crippen molar-refractivity contribution >= 4 is 29.0 Å². The van der Waals surface area contributed by atoms with Crippen molar-refractivity contribution in [2.75, 3.05) is 23.7 Å². The molecule has 0 atom stereocenters. The van der Waals surface area contributed by atoms with E-state index in [0.717, 1.165) is 43.6 Å². The maximum atomic E-state index is 12.3. The molecule has 2 heterocycles. The van der Waals surface area contributed by atoms with Crippen molar-refractivity contribution in [1.29, 1.82) is 0 Å². The van der Waals surface area contributed by atoms with Gasteiger partial charge in [-0.2, -0.15) is 0 Å². The van der Waals surface area contributed by atoms with Gasteiger partial charge in [-0.25, -0.2) is 4.98 Å². The van der Waals surface area contributed by atoms with Crippen LogP contribution in [-0.4, -0.2) is 34.8 Å². The van der Waals surface area contributed by atoms with Gasteiger partial charge >= 0.3 is 0 Å². The number of benzene rings is 2. The van der Waals surface area contributed by atoms with Gasteiger partial charge in [-0.3, -0.25) is 9.59 Å². The van der Waals surface area contributed by atoms with Gasteiger partial charge in [0.25, 0.3) is 5.91 Å². The zero-order valence-corrected chi connectivity index (χ0v) is 21.7. The average molecular weight is 500 g/mol. The van der Waals surface area contributed by atoms with E-state index < -0.39 is 5.91 Å². The number of amides is 2. The van der Waals surface area contributed by atoms with E-state index in [-0.39, 0.29) is 0 Å². The van der Waals surface area contributed by atoms with Gasteiger partial charge in [0.1, 0.15) is 5.82 Å². The van der Waals surface area contributed by atoms with Crippen LogP contribution in [0.3, 0.4) is 0 Å². The van der Waals surface area contributed by atoms with Crippen LogP contribution in [0.15, 0.2) is 66.9 Å². The molecule has 1 aliphatic rings. The minimum Gasteiger partial charge on any atom is -0.380 e. The molecule has 7 heteroatoms. The molecular weight excluding hydrogens is 462 g/mol. The number of anilines is 3. The molecule has 3 aromatic rings. The molecule has 4 N–H and O–H groups in total. The monoisotopic (exact) mass is 499 g/mol. The van der Waals surface area contributed by atoms with Crippen molar-refractivity contribution in [2.24, 2.45) is 17.6 Å². The van der Waals surface area contributed by atoms with Crippen molar-refractivity contribution in [1.82, 2.24) is 9.88 Å². The third kappa shape index (κ3) is 7.56. The minimum absolute atomic E-state index is 0.291. The van der Waals surface area contributed by atoms with Crippen LogP contribution in [0.2, 0.25) is 0 Å². The highest BCUT2D eigenvalue weighted by atomic mass is 16.2. The molecule has 0 saturated carbocycles. The summed E-state index contributed by atoms with van der Waals surface area (Å²) in [7, 11) is 0. The molecule has 37 heavy (non-hydrogen) atoms. The highest BCUT2D eigenvalue weighted by Gasteiger charge is 2.23. The highest BCUT2D eigenvalue weighted by Crippen LogP contribution is 2.25. The number of carbonyl (C=O) groups excluding carboxylic acids is 2. The second-order valence-electron chi connectivity index (χ2n) is 10.3. The fraction of sp³-hybridized carbons (Fsp3) is 0.367. The third-order valence-corrected chi connectivity index (χ3v) is 6.80. The lowest BCUT2D eigenvalue weighted by Gasteiger charge is -2.32. The molecule has 0 unspecified atom stereocenters. The first-order chi connectivity index (χ1) is 17.9. The molecule has 0 radical (unpaired) electrons. The van der Waals surface area contributed by atoms with Crippen LogP contribution in [0.5, 0.6) is 0 Å². The Morgan fingerprint density at radius 2 is 1.73 bits per heavy atom. The Labute approximate surface area is 219 Å². The van der Waals surface area contributed by atoms with E-state index in [2.05, 4.69) is 53.7 Å². The summed E-state index contributed by atoms with van der Waals surface area (Å²) in [5.41, 5.74) is 9.88. The van der Waals surface area contributed by atoms with Crippen LogP contribution in [-0.2, 0) is 17.8 Å². The number of primary amides is 1. The standard InChI is InChI=1S/C30H37N5O2/c1-21(2)16-29(36)35-14-12-23(13-15-35)17-22-8-10-25(11-9-22)34-28-18-27(26(20-33-28)30(31)37)32-19-24-6-4-3-5-7-24/h3-11,18,20-21,23H,12-17,19H2,1-2H3,(H2,31,37)(H2,32,33,34). The summed E-state index contributed by atoms with van der Waals surface area (Å²) in [6, 6.07) is 20.2. The Hall–Kier alpha value is -3.87. The van der Waals surface area contributed by atoms with Crippen LogP contribution in [0.1, 0.15) is 54.6 Å². The molecule has 1 aliphatic heterocycles. The normalized spacial score (nSPS) is 14.0. The van der Waals surface area contributed by atoms with Crippen molar-refractivity contribution in [3.05, 3.63) is 83.6 Å². The lowest BCUT2D eigenvalue weighted by molar-refractivity contribution is -0.133. The SMILES string of the molecule is CC(C)CC(=O)N1CCC(Cc2ccc(Nc3cc(NCc4ccccc4)c(C(N)=O)cn3)cc2)CC1. The Morgan fingerprint density at radius 1 is 1.03 bits per heavy atom. The van der Waals surface area contributed by atoms with E-state index in [1.54, 1.807) is 0 Å². The number of rotatable bonds is 10. The molecule has 7 nitrogen and oxygen atoms in total. The molecule has 4 rings (SSSR count). The Balaban J connectivity index is 1.33. The summed E-state index contributed by atoms with van der Waals surface area (Å²) in [6.07, 6.45) is 5.28. The lowest BCUT2D eigenvalue weighted by atomic mass is 9.90. The summed E-state index contributed by atoms with van der Waals surface area (Å²) in [4.78, 5) is 30.6. The lowest BCUT2D eigenvalue weighted by Crippen LogP contribution is -2.39. The van der Waals surface area contributed by atoms with Gasteiger partial charge in [0, 0.05) is 44.0 Å². The minimum atomic E-state index is -0.519. The van der Waals surface area contributed by atoms with Gasteiger partial charge in [-0.05, 0) is 54.4 Å². The molecule has 1 fully saturated rings. The Morgan fingerprint density at radius 3 is 2.38 bits per heavy atom. The number of likely N-dealkylation sites (tertiary alicyclic amines) is 1. The maximum absolute atomic E-state index is 12.3. The van der Waals surface area contributed by atoms with Crippen LogP contribution >= 0.6 is 0 Å². The Kier molecular flexibility index (Phi) is 8.77. The van der Waals surface area contributed by atoms with Crippen molar-refractivity contribution in [3.8, 4) is 0 Å². The first kappa shape index (κ1) is 26.2. The summed E-state index contributed by atoms with van der Waals surface area (Å²) in [6.45, 7) is 6.49. The summed E-state index contributed by atoms with van der Waals surface area (Å²) in [5, 5.41) is 6.63. The van der Waals surface area contributed by atoms with Crippen molar-refractivity contribution in [3.63, 3.8) is 0 Å². The Bertz CT molecular complexity index is 1190. The molecule has 194 valence electrons. The second kappa shape index (κ2) is 12.4. The molecular formula is C30H37N5O2. The average Bonchev–Trinajstić information content (AvgIpc) is 2.89. The maximum Gasteiger partial charge on any atom is 0.252 e. The van der Waals surface area contributed by atoms with E-state index in [9.17, 15) is 9.59 Å². The number of nitrogens with zero attached hydrogens (tertiary/aromatic N) is 2. The van der Waals surface area contributed by atoms with Gasteiger partial charge in [-0.15, -0.1) is 0 Å². The number of hydrogen-bond acceptors (Lipinski definition) is 5. The summed E-state index contributed by atoms with van der Waals surface area (Å²) < 4.78 is 0. The number of nitrogens with two attached hydrogens (primary N) is 1. The van der Waals surface area contributed by atoms with E-state index in [4.69, 9.17) is 5.73 Å². The van der Waals surface area contributed by atoms with Crippen molar-refractivity contribution in [2.45, 2.75) is 46.1 Å². The molecule has 2 aromatic carbocycles. The smallest absolute Gasteiger partial charge is 0.252 e. The third-order valence-electron chi connectivity index (χ3n) is 6.80. The molecule has 0 bridgehead atoms. The predicted octanol–water partition coefficient (Wildman–Crippen LogP) is 5.36. The topological polar surface area (TPSA) is 100 Å². The van der Waals surface area contributed by atoms with Gasteiger partial charge in [-0.1, -0.05) is 56.3 Å². The number of hydrogen-bond donors (Lipinski definition) is 3. The van der Waals surface area contributed by atoms with Crippen LogP contribution in [0.25, 0.3) is 0 Å². The van der Waals surface area contributed by atoms with Crippen LogP contribution in [0, 0.1) is 11.8 Å². The number of piperidine rings is 1. The number of carbonyl (C=O) groups is 2. The quantitative estimate of drug-likeness (QED) is 0.349.